The largest absolute Gasteiger partial charge is 0.466 e. The van der Waals surface area contributed by atoms with E-state index in [0.717, 1.165) is 19.3 Å². The van der Waals surface area contributed by atoms with Crippen molar-refractivity contribution in [2.75, 3.05) is 6.61 Å². The van der Waals surface area contributed by atoms with E-state index in [4.69, 9.17) is 4.74 Å². The number of esters is 1. The van der Waals surface area contributed by atoms with Crippen LogP contribution in [0.2, 0.25) is 0 Å². The van der Waals surface area contributed by atoms with Crippen molar-refractivity contribution < 1.29 is 9.53 Å². The van der Waals surface area contributed by atoms with E-state index in [0.29, 0.717) is 6.61 Å². The van der Waals surface area contributed by atoms with Gasteiger partial charge in [0.15, 0.2) is 0 Å². The lowest BCUT2D eigenvalue weighted by Crippen LogP contribution is -1.99. The van der Waals surface area contributed by atoms with E-state index in [1.54, 1.807) is 0 Å². The average molecular weight is 236 g/mol. The minimum Gasteiger partial charge on any atom is -0.466 e. The first-order chi connectivity index (χ1) is 8.27. The SMILES string of the molecule is C/C=C/C=C/C=C/CCCCCCOC(C)=O. The van der Waals surface area contributed by atoms with Crippen LogP contribution in [0.3, 0.4) is 0 Å². The third kappa shape index (κ3) is 14.7. The third-order valence-electron chi connectivity index (χ3n) is 2.23. The summed E-state index contributed by atoms with van der Waals surface area (Å²) in [6, 6.07) is 0. The van der Waals surface area contributed by atoms with Crippen LogP contribution in [0.5, 0.6) is 0 Å². The molecule has 0 fully saturated rings. The monoisotopic (exact) mass is 236 g/mol. The Morgan fingerprint density at radius 2 is 1.71 bits per heavy atom. The molecule has 0 saturated carbocycles. The van der Waals surface area contributed by atoms with Gasteiger partial charge in [-0.05, 0) is 26.2 Å². The Hall–Kier alpha value is -1.31. The van der Waals surface area contributed by atoms with Gasteiger partial charge in [0.2, 0.25) is 0 Å². The van der Waals surface area contributed by atoms with Gasteiger partial charge >= 0.3 is 5.97 Å². The Morgan fingerprint density at radius 3 is 2.41 bits per heavy atom. The second kappa shape index (κ2) is 12.8. The number of carbonyl (C=O) groups is 1. The molecule has 0 spiro atoms. The van der Waals surface area contributed by atoms with Crippen LogP contribution >= 0.6 is 0 Å². The zero-order valence-electron chi connectivity index (χ0n) is 11.0. The van der Waals surface area contributed by atoms with Crippen LogP contribution in [-0.4, -0.2) is 12.6 Å². The molecule has 0 aromatic carbocycles. The molecule has 0 rings (SSSR count). The van der Waals surface area contributed by atoms with Gasteiger partial charge in [-0.1, -0.05) is 49.3 Å². The summed E-state index contributed by atoms with van der Waals surface area (Å²) >= 11 is 0. The molecule has 0 aliphatic heterocycles. The standard InChI is InChI=1S/C15H24O2/c1-3-4-5-6-7-8-9-10-11-12-13-14-17-15(2)16/h3-8H,9-14H2,1-2H3/b4-3+,6-5+,8-7+. The van der Waals surface area contributed by atoms with E-state index in [-0.39, 0.29) is 5.97 Å². The highest BCUT2D eigenvalue weighted by atomic mass is 16.5. The summed E-state index contributed by atoms with van der Waals surface area (Å²) in [6.45, 7) is 4.02. The molecule has 0 N–H and O–H groups in total. The number of unbranched alkanes of at least 4 members (excludes halogenated alkanes) is 4. The number of carbonyl (C=O) groups excluding carboxylic acids is 1. The molecule has 0 aliphatic rings. The average Bonchev–Trinajstić information content (AvgIpc) is 2.30. The van der Waals surface area contributed by atoms with Gasteiger partial charge in [0.1, 0.15) is 0 Å². The van der Waals surface area contributed by atoms with Crippen molar-refractivity contribution in [3.63, 3.8) is 0 Å². The molecule has 0 unspecified atom stereocenters. The predicted octanol–water partition coefficient (Wildman–Crippen LogP) is 4.19. The van der Waals surface area contributed by atoms with Crippen LogP contribution in [0, 0.1) is 0 Å². The summed E-state index contributed by atoms with van der Waals surface area (Å²) in [5.74, 6) is -0.180. The molecule has 2 nitrogen and oxygen atoms in total. The van der Waals surface area contributed by atoms with Crippen molar-refractivity contribution in [2.45, 2.75) is 46.0 Å². The highest BCUT2D eigenvalue weighted by Crippen LogP contribution is 2.04. The number of ether oxygens (including phenoxy) is 1. The van der Waals surface area contributed by atoms with Crippen LogP contribution in [0.4, 0.5) is 0 Å². The molecule has 17 heavy (non-hydrogen) atoms. The van der Waals surface area contributed by atoms with Gasteiger partial charge in [-0.3, -0.25) is 4.79 Å². The topological polar surface area (TPSA) is 26.3 Å². The van der Waals surface area contributed by atoms with E-state index in [1.165, 1.54) is 19.8 Å². The maximum Gasteiger partial charge on any atom is 0.302 e. The van der Waals surface area contributed by atoms with E-state index >= 15 is 0 Å². The molecule has 0 heterocycles. The van der Waals surface area contributed by atoms with Crippen LogP contribution < -0.4 is 0 Å². The lowest BCUT2D eigenvalue weighted by molar-refractivity contribution is -0.141. The summed E-state index contributed by atoms with van der Waals surface area (Å²) in [5.41, 5.74) is 0. The summed E-state index contributed by atoms with van der Waals surface area (Å²) in [7, 11) is 0. The highest BCUT2D eigenvalue weighted by Gasteiger charge is 1.92. The van der Waals surface area contributed by atoms with E-state index in [1.807, 2.05) is 31.2 Å². The normalized spacial score (nSPS) is 11.9. The van der Waals surface area contributed by atoms with Crippen LogP contribution in [-0.2, 0) is 9.53 Å². The van der Waals surface area contributed by atoms with E-state index in [2.05, 4.69) is 12.2 Å². The maximum atomic E-state index is 10.5. The number of rotatable bonds is 9. The molecule has 96 valence electrons. The second-order valence-electron chi connectivity index (χ2n) is 3.88. The molecule has 0 saturated heterocycles. The van der Waals surface area contributed by atoms with Crippen molar-refractivity contribution in [3.05, 3.63) is 36.5 Å². The van der Waals surface area contributed by atoms with Crippen LogP contribution in [0.1, 0.15) is 46.0 Å². The first kappa shape index (κ1) is 15.7. The smallest absolute Gasteiger partial charge is 0.302 e. The van der Waals surface area contributed by atoms with Crippen molar-refractivity contribution >= 4 is 5.97 Å². The summed E-state index contributed by atoms with van der Waals surface area (Å²) in [6.07, 6.45) is 18.0. The maximum absolute atomic E-state index is 10.5. The molecule has 0 radical (unpaired) electrons. The van der Waals surface area contributed by atoms with Crippen LogP contribution in [0.25, 0.3) is 0 Å². The Labute approximate surface area is 105 Å². The van der Waals surface area contributed by atoms with Gasteiger partial charge in [-0.2, -0.15) is 0 Å². The molecule has 0 aromatic rings. The molecule has 0 atom stereocenters. The Balaban J connectivity index is 3.20. The fourth-order valence-corrected chi connectivity index (χ4v) is 1.35. The van der Waals surface area contributed by atoms with Gasteiger partial charge < -0.3 is 4.74 Å². The quantitative estimate of drug-likeness (QED) is 0.341. The molecule has 0 amide bonds. The first-order valence-electron chi connectivity index (χ1n) is 6.35. The summed E-state index contributed by atoms with van der Waals surface area (Å²) < 4.78 is 4.86. The minimum absolute atomic E-state index is 0.180. The number of allylic oxidation sites excluding steroid dienone is 6. The molecule has 0 aliphatic carbocycles. The van der Waals surface area contributed by atoms with Crippen molar-refractivity contribution in [2.24, 2.45) is 0 Å². The summed E-state index contributed by atoms with van der Waals surface area (Å²) in [4.78, 5) is 10.5. The third-order valence-corrected chi connectivity index (χ3v) is 2.23. The lowest BCUT2D eigenvalue weighted by Gasteiger charge is -2.00. The van der Waals surface area contributed by atoms with E-state index < -0.39 is 0 Å². The molecular weight excluding hydrogens is 212 g/mol. The first-order valence-corrected chi connectivity index (χ1v) is 6.35. The Bertz CT molecular complexity index is 262. The Morgan fingerprint density at radius 1 is 1.00 bits per heavy atom. The summed E-state index contributed by atoms with van der Waals surface area (Å²) in [5, 5.41) is 0. The van der Waals surface area contributed by atoms with Crippen molar-refractivity contribution in [1.82, 2.24) is 0 Å². The lowest BCUT2D eigenvalue weighted by atomic mass is 10.1. The molecule has 0 aromatic heterocycles. The molecule has 0 bridgehead atoms. The van der Waals surface area contributed by atoms with E-state index in [9.17, 15) is 4.79 Å². The van der Waals surface area contributed by atoms with Crippen molar-refractivity contribution in [3.8, 4) is 0 Å². The van der Waals surface area contributed by atoms with Crippen LogP contribution in [0.15, 0.2) is 36.5 Å². The fraction of sp³-hybridized carbons (Fsp3) is 0.533. The van der Waals surface area contributed by atoms with Gasteiger partial charge in [-0.15, -0.1) is 0 Å². The van der Waals surface area contributed by atoms with Gasteiger partial charge in [0.25, 0.3) is 0 Å². The molecular formula is C15H24O2. The predicted molar refractivity (Wildman–Crippen MR) is 72.8 cm³/mol. The Kier molecular flexibility index (Phi) is 11.8. The number of hydrogen-bond donors (Lipinski definition) is 0. The van der Waals surface area contributed by atoms with Gasteiger partial charge in [0, 0.05) is 6.92 Å². The minimum atomic E-state index is -0.180. The zero-order valence-corrected chi connectivity index (χ0v) is 11.0. The second-order valence-corrected chi connectivity index (χ2v) is 3.88. The molecule has 2 heteroatoms. The highest BCUT2D eigenvalue weighted by molar-refractivity contribution is 5.65. The van der Waals surface area contributed by atoms with Crippen molar-refractivity contribution in [1.29, 1.82) is 0 Å². The van der Waals surface area contributed by atoms with Gasteiger partial charge in [-0.25, -0.2) is 0 Å². The number of hydrogen-bond acceptors (Lipinski definition) is 2. The zero-order chi connectivity index (χ0) is 12.8. The fourth-order valence-electron chi connectivity index (χ4n) is 1.35. The van der Waals surface area contributed by atoms with Gasteiger partial charge in [0.05, 0.1) is 6.61 Å².